The van der Waals surface area contributed by atoms with Crippen LogP contribution in [0.1, 0.15) is 50.7 Å². The van der Waals surface area contributed by atoms with E-state index in [4.69, 9.17) is 27.9 Å². The van der Waals surface area contributed by atoms with Crippen LogP contribution in [0.5, 0.6) is 0 Å². The van der Waals surface area contributed by atoms with E-state index in [1.165, 1.54) is 0 Å². The zero-order valence-electron chi connectivity index (χ0n) is 19.0. The van der Waals surface area contributed by atoms with Crippen LogP contribution in [-0.4, -0.2) is 18.4 Å². The van der Waals surface area contributed by atoms with E-state index in [0.29, 0.717) is 39.7 Å². The Morgan fingerprint density at radius 3 is 2.52 bits per heavy atom. The van der Waals surface area contributed by atoms with Crippen molar-refractivity contribution >= 4 is 35.0 Å². The van der Waals surface area contributed by atoms with E-state index >= 15 is 0 Å². The number of esters is 1. The van der Waals surface area contributed by atoms with Gasteiger partial charge < -0.3 is 10.1 Å². The van der Waals surface area contributed by atoms with Crippen molar-refractivity contribution in [2.24, 2.45) is 5.41 Å². The number of carbonyl (C=O) groups excluding carboxylic acids is 2. The lowest BCUT2D eigenvalue weighted by atomic mass is 9.68. The van der Waals surface area contributed by atoms with E-state index in [-0.39, 0.29) is 17.8 Å². The normalized spacial score (nSPS) is 19.8. The lowest BCUT2D eigenvalue weighted by Crippen LogP contribution is -2.38. The van der Waals surface area contributed by atoms with Crippen molar-refractivity contribution in [3.8, 4) is 0 Å². The summed E-state index contributed by atoms with van der Waals surface area (Å²) >= 11 is 12.5. The van der Waals surface area contributed by atoms with Gasteiger partial charge in [0.25, 0.3) is 0 Å². The Labute approximate surface area is 204 Å². The molecule has 2 aliphatic rings. The summed E-state index contributed by atoms with van der Waals surface area (Å²) in [6, 6.07) is 15.1. The lowest BCUT2D eigenvalue weighted by Gasteiger charge is -2.39. The molecule has 33 heavy (non-hydrogen) atoms. The van der Waals surface area contributed by atoms with Crippen molar-refractivity contribution < 1.29 is 14.3 Å². The van der Waals surface area contributed by atoms with E-state index in [1.807, 2.05) is 43.3 Å². The zero-order valence-corrected chi connectivity index (χ0v) is 20.5. The highest BCUT2D eigenvalue weighted by Crippen LogP contribution is 2.47. The van der Waals surface area contributed by atoms with Gasteiger partial charge in [-0.1, -0.05) is 73.4 Å². The van der Waals surface area contributed by atoms with Gasteiger partial charge in [0, 0.05) is 35.7 Å². The van der Waals surface area contributed by atoms with Gasteiger partial charge in [0.2, 0.25) is 0 Å². The van der Waals surface area contributed by atoms with Crippen LogP contribution in [0.2, 0.25) is 10.0 Å². The van der Waals surface area contributed by atoms with E-state index in [9.17, 15) is 9.59 Å². The smallest absolute Gasteiger partial charge is 0.336 e. The summed E-state index contributed by atoms with van der Waals surface area (Å²) in [7, 11) is 0. The van der Waals surface area contributed by atoms with Crippen LogP contribution in [0.4, 0.5) is 0 Å². The fourth-order valence-electron chi connectivity index (χ4n) is 4.72. The SMILES string of the molecule is CC1=C(C(=O)OCCc2ccccc2)[C@H](c2ccc(Cl)c(Cl)c2)C2=C(CC(C)(C)CC2=O)N1. The van der Waals surface area contributed by atoms with Crippen LogP contribution in [0, 0.1) is 5.41 Å². The van der Waals surface area contributed by atoms with Gasteiger partial charge in [-0.2, -0.15) is 0 Å². The third kappa shape index (κ3) is 5.02. The number of Topliss-reactive ketones (excluding diaryl/α,β-unsaturated/α-hetero) is 1. The predicted octanol–water partition coefficient (Wildman–Crippen LogP) is 6.38. The summed E-state index contributed by atoms with van der Waals surface area (Å²) in [4.78, 5) is 26.7. The first-order valence-electron chi connectivity index (χ1n) is 11.1. The number of ketones is 1. The van der Waals surface area contributed by atoms with Gasteiger partial charge >= 0.3 is 5.97 Å². The molecule has 0 saturated carbocycles. The Kier molecular flexibility index (Phi) is 6.69. The van der Waals surface area contributed by atoms with Gasteiger partial charge in [-0.05, 0) is 42.0 Å². The van der Waals surface area contributed by atoms with Gasteiger partial charge in [0.15, 0.2) is 5.78 Å². The molecule has 6 heteroatoms. The maximum atomic E-state index is 13.3. The number of carbonyl (C=O) groups is 2. The van der Waals surface area contributed by atoms with Crippen molar-refractivity contribution in [2.75, 3.05) is 6.61 Å². The van der Waals surface area contributed by atoms with Gasteiger partial charge in [-0.3, -0.25) is 4.79 Å². The number of rotatable bonds is 5. The molecule has 0 aromatic heterocycles. The Balaban J connectivity index is 1.69. The maximum absolute atomic E-state index is 13.3. The Hall–Kier alpha value is -2.56. The summed E-state index contributed by atoms with van der Waals surface area (Å²) in [5.74, 6) is -0.952. The van der Waals surface area contributed by atoms with Gasteiger partial charge in [0.05, 0.1) is 22.2 Å². The Morgan fingerprint density at radius 1 is 1.09 bits per heavy atom. The molecule has 4 rings (SSSR count). The van der Waals surface area contributed by atoms with Crippen molar-refractivity contribution in [1.29, 1.82) is 0 Å². The van der Waals surface area contributed by atoms with Crippen LogP contribution in [0.15, 0.2) is 71.1 Å². The van der Waals surface area contributed by atoms with Crippen LogP contribution < -0.4 is 5.32 Å². The van der Waals surface area contributed by atoms with Gasteiger partial charge in [-0.25, -0.2) is 4.79 Å². The molecule has 0 bridgehead atoms. The molecule has 0 radical (unpaired) electrons. The summed E-state index contributed by atoms with van der Waals surface area (Å²) in [6.07, 6.45) is 1.76. The largest absolute Gasteiger partial charge is 0.462 e. The van der Waals surface area contributed by atoms with E-state index < -0.39 is 11.9 Å². The molecule has 2 aromatic carbocycles. The number of allylic oxidation sites excluding steroid dienone is 3. The van der Waals surface area contributed by atoms with Crippen LogP contribution in [0.3, 0.4) is 0 Å². The molecule has 0 saturated heterocycles. The monoisotopic (exact) mass is 483 g/mol. The molecule has 172 valence electrons. The predicted molar refractivity (Wildman–Crippen MR) is 131 cm³/mol. The zero-order chi connectivity index (χ0) is 23.8. The highest BCUT2D eigenvalue weighted by molar-refractivity contribution is 6.42. The van der Waals surface area contributed by atoms with Crippen molar-refractivity contribution in [2.45, 2.75) is 46.0 Å². The first-order valence-corrected chi connectivity index (χ1v) is 11.8. The van der Waals surface area contributed by atoms with Crippen LogP contribution in [0.25, 0.3) is 0 Å². The van der Waals surface area contributed by atoms with Crippen LogP contribution >= 0.6 is 23.2 Å². The molecule has 1 aliphatic carbocycles. The third-order valence-electron chi connectivity index (χ3n) is 6.20. The molecule has 1 heterocycles. The average molecular weight is 484 g/mol. The van der Waals surface area contributed by atoms with Crippen LogP contribution in [-0.2, 0) is 20.7 Å². The quantitative estimate of drug-likeness (QED) is 0.500. The average Bonchev–Trinajstić information content (AvgIpc) is 2.74. The van der Waals surface area contributed by atoms with E-state index in [2.05, 4.69) is 19.2 Å². The number of halogens is 2. The minimum atomic E-state index is -0.552. The molecule has 0 unspecified atom stereocenters. The first-order chi connectivity index (χ1) is 15.7. The number of dihydropyridines is 1. The summed E-state index contributed by atoms with van der Waals surface area (Å²) in [5.41, 5.74) is 4.31. The second kappa shape index (κ2) is 9.36. The van der Waals surface area contributed by atoms with E-state index in [0.717, 1.165) is 23.2 Å². The molecule has 0 spiro atoms. The van der Waals surface area contributed by atoms with Gasteiger partial charge in [0.1, 0.15) is 0 Å². The van der Waals surface area contributed by atoms with E-state index in [1.54, 1.807) is 12.1 Å². The summed E-state index contributed by atoms with van der Waals surface area (Å²) in [6.45, 7) is 6.27. The summed E-state index contributed by atoms with van der Waals surface area (Å²) < 4.78 is 5.69. The molecule has 0 fully saturated rings. The number of benzene rings is 2. The minimum absolute atomic E-state index is 0.0342. The molecule has 2 aromatic rings. The maximum Gasteiger partial charge on any atom is 0.336 e. The molecule has 1 aliphatic heterocycles. The number of ether oxygens (including phenoxy) is 1. The fourth-order valence-corrected chi connectivity index (χ4v) is 5.02. The number of nitrogens with one attached hydrogen (secondary N) is 1. The highest BCUT2D eigenvalue weighted by atomic mass is 35.5. The Morgan fingerprint density at radius 2 is 1.82 bits per heavy atom. The number of hydrogen-bond donors (Lipinski definition) is 1. The fraction of sp³-hybridized carbons (Fsp3) is 0.333. The Bertz CT molecular complexity index is 1170. The standard InChI is InChI=1S/C27H27Cl2NO3/c1-16-23(26(32)33-12-11-17-7-5-4-6-8-17)24(18-9-10-19(28)20(29)13-18)25-21(30-16)14-27(2,3)15-22(25)31/h4-10,13,24,30H,11-12,14-15H2,1-3H3/t24-/m0/s1. The summed E-state index contributed by atoms with van der Waals surface area (Å²) in [5, 5.41) is 4.15. The highest BCUT2D eigenvalue weighted by Gasteiger charge is 2.43. The van der Waals surface area contributed by atoms with Crippen molar-refractivity contribution in [3.05, 3.63) is 92.2 Å². The molecule has 4 nitrogen and oxygen atoms in total. The molecular weight excluding hydrogens is 457 g/mol. The van der Waals surface area contributed by atoms with Gasteiger partial charge in [-0.15, -0.1) is 0 Å². The molecule has 1 atom stereocenters. The number of hydrogen-bond acceptors (Lipinski definition) is 4. The van der Waals surface area contributed by atoms with Crippen molar-refractivity contribution in [3.63, 3.8) is 0 Å². The molecular formula is C27H27Cl2NO3. The third-order valence-corrected chi connectivity index (χ3v) is 6.94. The molecule has 0 amide bonds. The second-order valence-electron chi connectivity index (χ2n) is 9.47. The lowest BCUT2D eigenvalue weighted by molar-refractivity contribution is -0.139. The van der Waals surface area contributed by atoms with Crippen molar-refractivity contribution in [1.82, 2.24) is 5.32 Å². The first kappa shape index (κ1) is 23.6. The minimum Gasteiger partial charge on any atom is -0.462 e. The molecule has 1 N–H and O–H groups in total. The second-order valence-corrected chi connectivity index (χ2v) is 10.3. The topological polar surface area (TPSA) is 55.4 Å².